The van der Waals surface area contributed by atoms with Crippen molar-refractivity contribution in [3.05, 3.63) is 95.6 Å². The van der Waals surface area contributed by atoms with Gasteiger partial charge in [0.05, 0.1) is 12.8 Å². The highest BCUT2D eigenvalue weighted by atomic mass is 19.1. The van der Waals surface area contributed by atoms with E-state index in [2.05, 4.69) is 15.8 Å². The smallest absolute Gasteiger partial charge is 0.259 e. The van der Waals surface area contributed by atoms with Crippen molar-refractivity contribution in [1.29, 1.82) is 0 Å². The number of halogens is 1. The molecule has 2 N–H and O–H groups in total. The van der Waals surface area contributed by atoms with Crippen LogP contribution in [-0.4, -0.2) is 23.2 Å². The summed E-state index contributed by atoms with van der Waals surface area (Å²) in [5, 5.41) is 9.45. The minimum atomic E-state index is -0.271. The van der Waals surface area contributed by atoms with Crippen LogP contribution in [0.4, 0.5) is 10.1 Å². The molecule has 0 aliphatic carbocycles. The molecule has 1 aromatic heterocycles. The number of anilines is 1. The molecule has 0 unspecified atom stereocenters. The molecule has 6 heteroatoms. The first-order chi connectivity index (χ1) is 15.0. The van der Waals surface area contributed by atoms with Crippen LogP contribution in [0.15, 0.2) is 77.9 Å². The van der Waals surface area contributed by atoms with E-state index in [0.717, 1.165) is 39.1 Å². The molecular weight excluding hydrogens is 391 g/mol. The summed E-state index contributed by atoms with van der Waals surface area (Å²) in [6, 6.07) is 22.3. The van der Waals surface area contributed by atoms with E-state index >= 15 is 0 Å². The highest BCUT2D eigenvalue weighted by Crippen LogP contribution is 2.23. The summed E-state index contributed by atoms with van der Waals surface area (Å²) < 4.78 is 15.2. The third-order valence-electron chi connectivity index (χ3n) is 5.18. The molecule has 1 amide bonds. The molecule has 0 saturated heterocycles. The predicted molar refractivity (Wildman–Crippen MR) is 123 cm³/mol. The Morgan fingerprint density at radius 3 is 2.58 bits per heavy atom. The minimum Gasteiger partial charge on any atom is -0.376 e. The number of carbonyl (C=O) groups excluding carboxylic acids is 1. The predicted octanol–water partition coefficient (Wildman–Crippen LogP) is 4.95. The number of hydrogen-bond donors (Lipinski definition) is 2. The molecule has 0 atom stereocenters. The highest BCUT2D eigenvalue weighted by molar-refractivity contribution is 5.95. The molecule has 0 saturated carbocycles. The number of nitrogens with zero attached hydrogens (tertiary/aromatic N) is 2. The summed E-state index contributed by atoms with van der Waals surface area (Å²) in [5.41, 5.74) is 7.17. The first-order valence-corrected chi connectivity index (χ1v) is 10.0. The number of rotatable bonds is 6. The van der Waals surface area contributed by atoms with Crippen molar-refractivity contribution in [2.75, 3.05) is 11.9 Å². The number of aromatic nitrogens is 1. The number of nitrogens with one attached hydrogen (secondary N) is 2. The molecular formula is C25H23FN4O. The molecule has 0 bridgehead atoms. The largest absolute Gasteiger partial charge is 0.376 e. The van der Waals surface area contributed by atoms with Gasteiger partial charge in [-0.15, -0.1) is 0 Å². The number of hydrogen-bond acceptors (Lipinski definition) is 3. The average Bonchev–Trinajstić information content (AvgIpc) is 3.06. The number of carbonyl (C=O) groups is 1. The fraction of sp³-hybridized carbons (Fsp3) is 0.120. The zero-order chi connectivity index (χ0) is 21.8. The molecule has 5 nitrogen and oxygen atoms in total. The van der Waals surface area contributed by atoms with Gasteiger partial charge in [-0.2, -0.15) is 5.10 Å². The lowest BCUT2D eigenvalue weighted by molar-refractivity contribution is -0.119. The van der Waals surface area contributed by atoms with Gasteiger partial charge < -0.3 is 9.88 Å². The first kappa shape index (κ1) is 20.3. The Morgan fingerprint density at radius 1 is 1.03 bits per heavy atom. The Labute approximate surface area is 180 Å². The summed E-state index contributed by atoms with van der Waals surface area (Å²) in [5.74, 6) is -0.510. The molecule has 31 heavy (non-hydrogen) atoms. The van der Waals surface area contributed by atoms with Crippen molar-refractivity contribution in [3.63, 3.8) is 0 Å². The van der Waals surface area contributed by atoms with Crippen molar-refractivity contribution >= 4 is 28.6 Å². The minimum absolute atomic E-state index is 0.111. The second-order valence-corrected chi connectivity index (χ2v) is 7.31. The Bertz CT molecular complexity index is 1250. The van der Waals surface area contributed by atoms with Gasteiger partial charge in [-0.25, -0.2) is 9.82 Å². The topological polar surface area (TPSA) is 58.4 Å². The second kappa shape index (κ2) is 8.83. The van der Waals surface area contributed by atoms with Gasteiger partial charge in [-0.3, -0.25) is 4.79 Å². The molecule has 0 aliphatic heterocycles. The van der Waals surface area contributed by atoms with Gasteiger partial charge in [-0.05, 0) is 55.6 Å². The third kappa shape index (κ3) is 4.48. The number of hydrazone groups is 1. The normalized spacial score (nSPS) is 11.2. The summed E-state index contributed by atoms with van der Waals surface area (Å²) in [7, 11) is 0. The van der Waals surface area contributed by atoms with E-state index < -0.39 is 0 Å². The van der Waals surface area contributed by atoms with Crippen LogP contribution in [0.1, 0.15) is 17.0 Å². The zero-order valence-electron chi connectivity index (χ0n) is 17.4. The van der Waals surface area contributed by atoms with Crippen molar-refractivity contribution in [2.24, 2.45) is 5.10 Å². The quantitative estimate of drug-likeness (QED) is 0.347. The number of aryl methyl sites for hydroxylation is 1. The third-order valence-corrected chi connectivity index (χ3v) is 5.18. The highest BCUT2D eigenvalue weighted by Gasteiger charge is 2.10. The molecule has 4 aromatic rings. The fourth-order valence-corrected chi connectivity index (χ4v) is 3.67. The van der Waals surface area contributed by atoms with Crippen LogP contribution in [0.25, 0.3) is 16.5 Å². The molecule has 3 aromatic carbocycles. The van der Waals surface area contributed by atoms with Crippen molar-refractivity contribution in [3.8, 4) is 5.69 Å². The van der Waals surface area contributed by atoms with E-state index in [-0.39, 0.29) is 18.3 Å². The van der Waals surface area contributed by atoms with Crippen molar-refractivity contribution in [1.82, 2.24) is 9.99 Å². The lowest BCUT2D eigenvalue weighted by Crippen LogP contribution is -2.25. The summed E-state index contributed by atoms with van der Waals surface area (Å²) >= 11 is 0. The van der Waals surface area contributed by atoms with Crippen LogP contribution in [0.2, 0.25) is 0 Å². The van der Waals surface area contributed by atoms with Crippen LogP contribution in [-0.2, 0) is 4.79 Å². The maximum absolute atomic E-state index is 13.2. The van der Waals surface area contributed by atoms with Gasteiger partial charge in [0, 0.05) is 33.7 Å². The Kier molecular flexibility index (Phi) is 5.80. The van der Waals surface area contributed by atoms with E-state index in [1.807, 2.05) is 66.9 Å². The molecule has 0 fully saturated rings. The molecule has 156 valence electrons. The average molecular weight is 414 g/mol. The van der Waals surface area contributed by atoms with Gasteiger partial charge in [-0.1, -0.05) is 36.4 Å². The molecule has 1 heterocycles. The molecule has 4 rings (SSSR count). The second-order valence-electron chi connectivity index (χ2n) is 7.31. The van der Waals surface area contributed by atoms with Crippen LogP contribution >= 0.6 is 0 Å². The summed E-state index contributed by atoms with van der Waals surface area (Å²) in [4.78, 5) is 12.2. The number of fused-ring (bicyclic) bond motifs is 1. The van der Waals surface area contributed by atoms with E-state index in [9.17, 15) is 9.18 Å². The van der Waals surface area contributed by atoms with Crippen LogP contribution < -0.4 is 10.7 Å². The maximum Gasteiger partial charge on any atom is 0.259 e. The summed E-state index contributed by atoms with van der Waals surface area (Å²) in [6.07, 6.45) is 1.62. The van der Waals surface area contributed by atoms with E-state index in [1.165, 1.54) is 12.1 Å². The van der Waals surface area contributed by atoms with E-state index in [1.54, 1.807) is 18.3 Å². The molecule has 0 radical (unpaired) electrons. The Hall–Kier alpha value is -3.93. The van der Waals surface area contributed by atoms with E-state index in [0.29, 0.717) is 0 Å². The number of amides is 1. The SMILES string of the molecule is Cc1cc(/C=N\NC(=O)CNc2cccc3ccccc23)c(C)n1-c1ccc(F)cc1. The van der Waals surface area contributed by atoms with Gasteiger partial charge in [0.25, 0.3) is 5.91 Å². The van der Waals surface area contributed by atoms with Crippen molar-refractivity contribution in [2.45, 2.75) is 13.8 Å². The van der Waals surface area contributed by atoms with Gasteiger partial charge >= 0.3 is 0 Å². The standard InChI is InChI=1S/C25H23FN4O/c1-17-14-20(18(2)30(17)22-12-10-21(26)11-13-22)15-28-29-25(31)16-27-24-9-5-7-19-6-3-4-8-23(19)24/h3-15,27H,16H2,1-2H3,(H,29,31)/b28-15-. The monoisotopic (exact) mass is 414 g/mol. The number of benzene rings is 3. The lowest BCUT2D eigenvalue weighted by Gasteiger charge is -2.09. The maximum atomic E-state index is 13.2. The van der Waals surface area contributed by atoms with Crippen LogP contribution in [0.5, 0.6) is 0 Å². The van der Waals surface area contributed by atoms with E-state index in [4.69, 9.17) is 0 Å². The van der Waals surface area contributed by atoms with Gasteiger partial charge in [0.1, 0.15) is 5.82 Å². The summed E-state index contributed by atoms with van der Waals surface area (Å²) in [6.45, 7) is 4.04. The first-order valence-electron chi connectivity index (χ1n) is 10.0. The Morgan fingerprint density at radius 2 is 1.77 bits per heavy atom. The van der Waals surface area contributed by atoms with Gasteiger partial charge in [0.15, 0.2) is 0 Å². The zero-order valence-corrected chi connectivity index (χ0v) is 17.4. The van der Waals surface area contributed by atoms with Crippen LogP contribution in [0, 0.1) is 19.7 Å². The molecule has 0 aliphatic rings. The Balaban J connectivity index is 1.40. The van der Waals surface area contributed by atoms with Crippen molar-refractivity contribution < 1.29 is 9.18 Å². The lowest BCUT2D eigenvalue weighted by atomic mass is 10.1. The van der Waals surface area contributed by atoms with Crippen LogP contribution in [0.3, 0.4) is 0 Å². The fourth-order valence-electron chi connectivity index (χ4n) is 3.67. The molecule has 0 spiro atoms. The van der Waals surface area contributed by atoms with Gasteiger partial charge in [0.2, 0.25) is 0 Å².